The van der Waals surface area contributed by atoms with Crippen molar-refractivity contribution in [2.45, 2.75) is 13.8 Å². The Kier molecular flexibility index (Phi) is 7.48. The number of nitrogens with zero attached hydrogens (tertiary/aromatic N) is 1. The summed E-state index contributed by atoms with van der Waals surface area (Å²) in [4.78, 5) is 17.6. The zero-order valence-corrected chi connectivity index (χ0v) is 20.8. The number of benzene rings is 3. The van der Waals surface area contributed by atoms with Crippen LogP contribution in [0.1, 0.15) is 24.2 Å². The number of amides is 1. The molecule has 0 saturated heterocycles. The molecule has 9 heteroatoms. The molecule has 0 saturated carbocycles. The van der Waals surface area contributed by atoms with E-state index < -0.39 is 0 Å². The van der Waals surface area contributed by atoms with Crippen molar-refractivity contribution in [1.29, 1.82) is 0 Å². The molecule has 9 nitrogen and oxygen atoms in total. The van der Waals surface area contributed by atoms with E-state index >= 15 is 0 Å². The first-order valence-electron chi connectivity index (χ1n) is 11.4. The van der Waals surface area contributed by atoms with E-state index in [0.29, 0.717) is 75.8 Å². The summed E-state index contributed by atoms with van der Waals surface area (Å²) in [6.07, 6.45) is 0. The molecule has 0 unspecified atom stereocenters. The Morgan fingerprint density at radius 3 is 2.06 bits per heavy atom. The van der Waals surface area contributed by atoms with Crippen LogP contribution in [0.2, 0.25) is 0 Å². The fourth-order valence-corrected chi connectivity index (χ4v) is 3.74. The highest BCUT2D eigenvalue weighted by Gasteiger charge is 2.18. The van der Waals surface area contributed by atoms with E-state index in [1.165, 1.54) is 0 Å². The SMILES string of the molecule is CCOc1cc(OCC)cc(C(=O)Nc2ccc3oc(-c4cc(OC)c(OC)c(OC)c4)nc3c2)c1. The molecular weight excluding hydrogens is 464 g/mol. The number of rotatable bonds is 10. The van der Waals surface area contributed by atoms with Crippen LogP contribution >= 0.6 is 0 Å². The molecule has 4 rings (SSSR count). The second-order valence-corrected chi connectivity index (χ2v) is 7.63. The maximum Gasteiger partial charge on any atom is 0.255 e. The van der Waals surface area contributed by atoms with Crippen molar-refractivity contribution in [3.05, 3.63) is 54.1 Å². The molecule has 0 spiro atoms. The Hall–Kier alpha value is -4.40. The minimum atomic E-state index is -0.301. The molecule has 1 amide bonds. The molecule has 0 radical (unpaired) electrons. The lowest BCUT2D eigenvalue weighted by Gasteiger charge is -2.12. The van der Waals surface area contributed by atoms with Gasteiger partial charge in [0.1, 0.15) is 17.0 Å². The number of hydrogen-bond donors (Lipinski definition) is 1. The first-order chi connectivity index (χ1) is 17.5. The van der Waals surface area contributed by atoms with Gasteiger partial charge in [-0.05, 0) is 56.3 Å². The van der Waals surface area contributed by atoms with Crippen LogP contribution in [0.4, 0.5) is 5.69 Å². The van der Waals surface area contributed by atoms with Crippen molar-refractivity contribution in [3.63, 3.8) is 0 Å². The van der Waals surface area contributed by atoms with Gasteiger partial charge in [0.2, 0.25) is 11.6 Å². The number of nitrogens with one attached hydrogen (secondary N) is 1. The van der Waals surface area contributed by atoms with Gasteiger partial charge < -0.3 is 33.4 Å². The second-order valence-electron chi connectivity index (χ2n) is 7.63. The first kappa shape index (κ1) is 24.7. The normalized spacial score (nSPS) is 10.7. The molecule has 0 bridgehead atoms. The van der Waals surface area contributed by atoms with E-state index in [-0.39, 0.29) is 5.91 Å². The molecule has 3 aromatic carbocycles. The van der Waals surface area contributed by atoms with Gasteiger partial charge >= 0.3 is 0 Å². The number of methoxy groups -OCH3 is 3. The lowest BCUT2D eigenvalue weighted by Crippen LogP contribution is -2.12. The summed E-state index contributed by atoms with van der Waals surface area (Å²) in [7, 11) is 4.63. The monoisotopic (exact) mass is 492 g/mol. The van der Waals surface area contributed by atoms with Crippen LogP contribution in [0.5, 0.6) is 28.7 Å². The summed E-state index contributed by atoms with van der Waals surface area (Å²) in [5.74, 6) is 2.66. The Labute approximate surface area is 208 Å². The molecule has 0 atom stereocenters. The van der Waals surface area contributed by atoms with Gasteiger partial charge in [0.15, 0.2) is 17.1 Å². The number of oxazole rings is 1. The maximum atomic E-state index is 13.0. The molecule has 0 fully saturated rings. The Bertz CT molecular complexity index is 1330. The average Bonchev–Trinajstić information content (AvgIpc) is 3.31. The highest BCUT2D eigenvalue weighted by atomic mass is 16.5. The molecule has 1 heterocycles. The van der Waals surface area contributed by atoms with E-state index in [2.05, 4.69) is 10.3 Å². The molecule has 0 aliphatic carbocycles. The van der Waals surface area contributed by atoms with Crippen LogP contribution in [-0.4, -0.2) is 45.4 Å². The van der Waals surface area contributed by atoms with E-state index in [1.807, 2.05) is 13.8 Å². The first-order valence-corrected chi connectivity index (χ1v) is 11.4. The van der Waals surface area contributed by atoms with Gasteiger partial charge in [0.25, 0.3) is 5.91 Å². The van der Waals surface area contributed by atoms with Crippen LogP contribution < -0.4 is 29.0 Å². The molecule has 188 valence electrons. The van der Waals surface area contributed by atoms with E-state index in [4.69, 9.17) is 28.1 Å². The summed E-state index contributed by atoms with van der Waals surface area (Å²) < 4.78 is 33.3. The van der Waals surface area contributed by atoms with Crippen LogP contribution in [0.15, 0.2) is 52.9 Å². The van der Waals surface area contributed by atoms with Gasteiger partial charge in [-0.1, -0.05) is 0 Å². The van der Waals surface area contributed by atoms with Crippen LogP contribution in [0.3, 0.4) is 0 Å². The van der Waals surface area contributed by atoms with Gasteiger partial charge in [-0.15, -0.1) is 0 Å². The Morgan fingerprint density at radius 1 is 0.861 bits per heavy atom. The van der Waals surface area contributed by atoms with E-state index in [9.17, 15) is 4.79 Å². The number of hydrogen-bond acceptors (Lipinski definition) is 8. The molecular formula is C27H28N2O7. The molecule has 0 aliphatic rings. The van der Waals surface area contributed by atoms with Crippen molar-refractivity contribution >= 4 is 22.7 Å². The predicted octanol–water partition coefficient (Wildman–Crippen LogP) is 5.57. The number of aromatic nitrogens is 1. The zero-order chi connectivity index (χ0) is 25.7. The Balaban J connectivity index is 1.62. The summed E-state index contributed by atoms with van der Waals surface area (Å²) in [6, 6.07) is 13.9. The second kappa shape index (κ2) is 10.9. The summed E-state index contributed by atoms with van der Waals surface area (Å²) >= 11 is 0. The lowest BCUT2D eigenvalue weighted by atomic mass is 10.1. The minimum Gasteiger partial charge on any atom is -0.494 e. The van der Waals surface area contributed by atoms with Gasteiger partial charge in [-0.25, -0.2) is 4.98 Å². The minimum absolute atomic E-state index is 0.301. The topological polar surface area (TPSA) is 101 Å². The van der Waals surface area contributed by atoms with Crippen molar-refractivity contribution in [3.8, 4) is 40.2 Å². The number of fused-ring (bicyclic) bond motifs is 1. The van der Waals surface area contributed by atoms with Gasteiger partial charge in [0.05, 0.1) is 34.5 Å². The highest BCUT2D eigenvalue weighted by Crippen LogP contribution is 2.41. The molecule has 1 aromatic heterocycles. The zero-order valence-electron chi connectivity index (χ0n) is 20.8. The number of carbonyl (C=O) groups is 1. The van der Waals surface area contributed by atoms with Gasteiger partial charge in [-0.3, -0.25) is 4.79 Å². The third-order valence-corrected chi connectivity index (χ3v) is 5.32. The smallest absolute Gasteiger partial charge is 0.255 e. The number of carbonyl (C=O) groups excluding carboxylic acids is 1. The fourth-order valence-electron chi connectivity index (χ4n) is 3.74. The average molecular weight is 493 g/mol. The van der Waals surface area contributed by atoms with Gasteiger partial charge in [-0.2, -0.15) is 0 Å². The largest absolute Gasteiger partial charge is 0.494 e. The Morgan fingerprint density at radius 2 is 1.50 bits per heavy atom. The van der Waals surface area contributed by atoms with Crippen molar-refractivity contribution in [1.82, 2.24) is 4.98 Å². The van der Waals surface area contributed by atoms with Gasteiger partial charge in [0, 0.05) is 22.9 Å². The third-order valence-electron chi connectivity index (χ3n) is 5.32. The standard InChI is InChI=1S/C27H28N2O7/c1-6-34-19-10-16(11-20(15-19)35-7-2)26(30)28-18-8-9-22-21(14-18)29-27(36-22)17-12-23(31-3)25(33-5)24(13-17)32-4/h8-15H,6-7H2,1-5H3,(H,28,30). The van der Waals surface area contributed by atoms with E-state index in [0.717, 1.165) is 0 Å². The predicted molar refractivity (Wildman–Crippen MR) is 136 cm³/mol. The molecule has 36 heavy (non-hydrogen) atoms. The van der Waals surface area contributed by atoms with E-state index in [1.54, 1.807) is 69.9 Å². The molecule has 0 aliphatic heterocycles. The lowest BCUT2D eigenvalue weighted by molar-refractivity contribution is 0.102. The number of ether oxygens (including phenoxy) is 5. The van der Waals surface area contributed by atoms with Crippen LogP contribution in [0.25, 0.3) is 22.6 Å². The van der Waals surface area contributed by atoms with Crippen molar-refractivity contribution in [2.24, 2.45) is 0 Å². The summed E-state index contributed by atoms with van der Waals surface area (Å²) in [5, 5.41) is 2.90. The third kappa shape index (κ3) is 5.14. The molecule has 4 aromatic rings. The summed E-state index contributed by atoms with van der Waals surface area (Å²) in [6.45, 7) is 4.72. The fraction of sp³-hybridized carbons (Fsp3) is 0.259. The highest BCUT2D eigenvalue weighted by molar-refractivity contribution is 6.05. The molecule has 1 N–H and O–H groups in total. The van der Waals surface area contributed by atoms with Crippen molar-refractivity contribution < 1.29 is 32.9 Å². The van der Waals surface area contributed by atoms with Crippen molar-refractivity contribution in [2.75, 3.05) is 39.9 Å². The number of anilines is 1. The maximum absolute atomic E-state index is 13.0. The van der Waals surface area contributed by atoms with Crippen LogP contribution in [0, 0.1) is 0 Å². The summed E-state index contributed by atoms with van der Waals surface area (Å²) in [5.41, 5.74) is 2.78. The quantitative estimate of drug-likeness (QED) is 0.307. The van der Waals surface area contributed by atoms with Crippen LogP contribution in [-0.2, 0) is 0 Å².